The fourth-order valence-corrected chi connectivity index (χ4v) is 2.54. The fourth-order valence-electron chi connectivity index (χ4n) is 2.54. The van der Waals surface area contributed by atoms with Crippen LogP contribution in [0.1, 0.15) is 36.1 Å². The van der Waals surface area contributed by atoms with E-state index in [2.05, 4.69) is 5.32 Å². The fraction of sp³-hybridized carbons (Fsp3) is 0.333. The number of rotatable bonds is 6. The molecule has 0 bridgehead atoms. The van der Waals surface area contributed by atoms with E-state index in [0.29, 0.717) is 13.0 Å². The lowest BCUT2D eigenvalue weighted by Crippen LogP contribution is -2.27. The van der Waals surface area contributed by atoms with Crippen LogP contribution in [0.5, 0.6) is 0 Å². The average molecular weight is 325 g/mol. The SMILES string of the molecule is CCCNC(Cc1ccccc1)c1cc(F)ccc1C(F)(F)F. The van der Waals surface area contributed by atoms with Gasteiger partial charge in [-0.05, 0) is 48.7 Å². The first-order valence-corrected chi connectivity index (χ1v) is 7.55. The second-order valence-electron chi connectivity index (χ2n) is 5.43. The van der Waals surface area contributed by atoms with Crippen LogP contribution in [0.15, 0.2) is 48.5 Å². The number of hydrogen-bond donors (Lipinski definition) is 1. The van der Waals surface area contributed by atoms with Gasteiger partial charge in [0.1, 0.15) is 5.82 Å². The van der Waals surface area contributed by atoms with Gasteiger partial charge in [0.2, 0.25) is 0 Å². The topological polar surface area (TPSA) is 12.0 Å². The Bertz CT molecular complexity index is 623. The highest BCUT2D eigenvalue weighted by molar-refractivity contribution is 5.34. The molecule has 23 heavy (non-hydrogen) atoms. The third-order valence-corrected chi connectivity index (χ3v) is 3.62. The Hall–Kier alpha value is -1.88. The zero-order valence-corrected chi connectivity index (χ0v) is 12.8. The Morgan fingerprint density at radius 3 is 2.35 bits per heavy atom. The standard InChI is InChI=1S/C18H19F4N/c1-2-10-23-17(11-13-6-4-3-5-7-13)15-12-14(19)8-9-16(15)18(20,21)22/h3-9,12,17,23H,2,10-11H2,1H3. The summed E-state index contributed by atoms with van der Waals surface area (Å²) in [6, 6.07) is 11.3. The van der Waals surface area contributed by atoms with Gasteiger partial charge in [0.05, 0.1) is 5.56 Å². The van der Waals surface area contributed by atoms with Gasteiger partial charge in [0, 0.05) is 6.04 Å². The summed E-state index contributed by atoms with van der Waals surface area (Å²) in [7, 11) is 0. The molecule has 124 valence electrons. The second kappa shape index (κ2) is 7.59. The lowest BCUT2D eigenvalue weighted by atomic mass is 9.94. The van der Waals surface area contributed by atoms with Gasteiger partial charge in [-0.3, -0.25) is 0 Å². The summed E-state index contributed by atoms with van der Waals surface area (Å²) in [5, 5.41) is 3.11. The second-order valence-corrected chi connectivity index (χ2v) is 5.43. The van der Waals surface area contributed by atoms with Gasteiger partial charge in [0.15, 0.2) is 0 Å². The smallest absolute Gasteiger partial charge is 0.310 e. The number of nitrogens with one attached hydrogen (secondary N) is 1. The highest BCUT2D eigenvalue weighted by atomic mass is 19.4. The molecular weight excluding hydrogens is 306 g/mol. The summed E-state index contributed by atoms with van der Waals surface area (Å²) >= 11 is 0. The van der Waals surface area contributed by atoms with Crippen LogP contribution < -0.4 is 5.32 Å². The highest BCUT2D eigenvalue weighted by Crippen LogP contribution is 2.36. The number of halogens is 4. The minimum atomic E-state index is -4.51. The molecule has 0 heterocycles. The molecule has 0 aliphatic rings. The summed E-state index contributed by atoms with van der Waals surface area (Å²) in [6.07, 6.45) is -3.36. The summed E-state index contributed by atoms with van der Waals surface area (Å²) in [5.41, 5.74) is 0.0664. The maximum atomic E-state index is 13.6. The van der Waals surface area contributed by atoms with Crippen molar-refractivity contribution in [3.8, 4) is 0 Å². The van der Waals surface area contributed by atoms with Crippen LogP contribution >= 0.6 is 0 Å². The van der Waals surface area contributed by atoms with Crippen molar-refractivity contribution in [2.75, 3.05) is 6.54 Å². The van der Waals surface area contributed by atoms with Gasteiger partial charge < -0.3 is 5.32 Å². The third kappa shape index (κ3) is 4.79. The number of alkyl halides is 3. The zero-order chi connectivity index (χ0) is 16.9. The molecule has 2 aromatic carbocycles. The molecule has 2 aromatic rings. The van der Waals surface area contributed by atoms with Gasteiger partial charge in [-0.2, -0.15) is 13.2 Å². The summed E-state index contributed by atoms with van der Waals surface area (Å²) < 4.78 is 53.3. The Balaban J connectivity index is 2.40. The minimum Gasteiger partial charge on any atom is -0.310 e. The predicted molar refractivity (Wildman–Crippen MR) is 82.6 cm³/mol. The molecule has 0 fully saturated rings. The van der Waals surface area contributed by atoms with Crippen LogP contribution in [0, 0.1) is 5.82 Å². The molecule has 0 aliphatic carbocycles. The zero-order valence-electron chi connectivity index (χ0n) is 12.8. The van der Waals surface area contributed by atoms with Crippen molar-refractivity contribution in [2.45, 2.75) is 32.0 Å². The molecule has 0 radical (unpaired) electrons. The van der Waals surface area contributed by atoms with Crippen molar-refractivity contribution in [1.82, 2.24) is 5.32 Å². The maximum Gasteiger partial charge on any atom is 0.416 e. The minimum absolute atomic E-state index is 0.0465. The van der Waals surface area contributed by atoms with Crippen molar-refractivity contribution in [3.63, 3.8) is 0 Å². The first-order chi connectivity index (χ1) is 10.9. The molecule has 1 unspecified atom stereocenters. The van der Waals surface area contributed by atoms with E-state index < -0.39 is 23.6 Å². The Kier molecular flexibility index (Phi) is 5.77. The van der Waals surface area contributed by atoms with E-state index in [9.17, 15) is 17.6 Å². The van der Waals surface area contributed by atoms with E-state index in [-0.39, 0.29) is 5.56 Å². The molecule has 0 saturated carbocycles. The van der Waals surface area contributed by atoms with Crippen LogP contribution in [0.25, 0.3) is 0 Å². The van der Waals surface area contributed by atoms with Crippen LogP contribution in [-0.2, 0) is 12.6 Å². The molecular formula is C18H19F4N. The van der Waals surface area contributed by atoms with Crippen LogP contribution in [-0.4, -0.2) is 6.54 Å². The van der Waals surface area contributed by atoms with Gasteiger partial charge in [-0.1, -0.05) is 37.3 Å². The van der Waals surface area contributed by atoms with Crippen molar-refractivity contribution in [2.24, 2.45) is 0 Å². The lowest BCUT2D eigenvalue weighted by molar-refractivity contribution is -0.138. The van der Waals surface area contributed by atoms with Gasteiger partial charge >= 0.3 is 6.18 Å². The van der Waals surface area contributed by atoms with Crippen molar-refractivity contribution in [3.05, 3.63) is 71.0 Å². The number of benzene rings is 2. The van der Waals surface area contributed by atoms with Gasteiger partial charge in [-0.15, -0.1) is 0 Å². The average Bonchev–Trinajstić information content (AvgIpc) is 2.51. The van der Waals surface area contributed by atoms with E-state index >= 15 is 0 Å². The number of hydrogen-bond acceptors (Lipinski definition) is 1. The first-order valence-electron chi connectivity index (χ1n) is 7.55. The summed E-state index contributed by atoms with van der Waals surface area (Å²) in [4.78, 5) is 0. The first kappa shape index (κ1) is 17.5. The molecule has 2 rings (SSSR count). The lowest BCUT2D eigenvalue weighted by Gasteiger charge is -2.23. The molecule has 1 N–H and O–H groups in total. The molecule has 5 heteroatoms. The van der Waals surface area contributed by atoms with E-state index in [4.69, 9.17) is 0 Å². The molecule has 0 amide bonds. The Morgan fingerprint density at radius 2 is 1.74 bits per heavy atom. The normalized spacial score (nSPS) is 13.1. The van der Waals surface area contributed by atoms with Gasteiger partial charge in [0.25, 0.3) is 0 Å². The van der Waals surface area contributed by atoms with E-state index in [1.165, 1.54) is 0 Å². The van der Waals surface area contributed by atoms with Crippen LogP contribution in [0.4, 0.5) is 17.6 Å². The summed E-state index contributed by atoms with van der Waals surface area (Å²) in [6.45, 7) is 2.49. The monoisotopic (exact) mass is 325 g/mol. The molecule has 0 spiro atoms. The predicted octanol–water partition coefficient (Wildman–Crippen LogP) is 5.13. The maximum absolute atomic E-state index is 13.6. The quantitative estimate of drug-likeness (QED) is 0.726. The highest BCUT2D eigenvalue weighted by Gasteiger charge is 2.35. The molecule has 0 aromatic heterocycles. The van der Waals surface area contributed by atoms with E-state index in [1.54, 1.807) is 0 Å². The van der Waals surface area contributed by atoms with Crippen molar-refractivity contribution in [1.29, 1.82) is 0 Å². The molecule has 0 saturated heterocycles. The molecule has 0 aliphatic heterocycles. The van der Waals surface area contributed by atoms with Crippen LogP contribution in [0.3, 0.4) is 0 Å². The largest absolute Gasteiger partial charge is 0.416 e. The summed E-state index contributed by atoms with van der Waals surface area (Å²) in [5.74, 6) is -0.663. The van der Waals surface area contributed by atoms with E-state index in [1.807, 2.05) is 37.3 Å². The van der Waals surface area contributed by atoms with Gasteiger partial charge in [-0.25, -0.2) is 4.39 Å². The molecule has 1 nitrogen and oxygen atoms in total. The van der Waals surface area contributed by atoms with E-state index in [0.717, 1.165) is 30.2 Å². The Labute approximate surface area is 133 Å². The third-order valence-electron chi connectivity index (χ3n) is 3.62. The Morgan fingerprint density at radius 1 is 1.04 bits per heavy atom. The molecule has 1 atom stereocenters. The van der Waals surface area contributed by atoms with Crippen LogP contribution in [0.2, 0.25) is 0 Å². The van der Waals surface area contributed by atoms with Crippen molar-refractivity contribution >= 4 is 0 Å². The van der Waals surface area contributed by atoms with Crippen molar-refractivity contribution < 1.29 is 17.6 Å².